The molecule has 1 fully saturated rings. The molecule has 0 N–H and O–H groups in total. The van der Waals surface area contributed by atoms with E-state index < -0.39 is 0 Å². The number of thiazole rings is 1. The van der Waals surface area contributed by atoms with Crippen LogP contribution < -0.4 is 4.90 Å². The highest BCUT2D eigenvalue weighted by Crippen LogP contribution is 2.29. The smallest absolute Gasteiger partial charge is 0.186 e. The fourth-order valence-electron chi connectivity index (χ4n) is 3.10. The maximum atomic E-state index is 4.78. The Morgan fingerprint density at radius 1 is 1.00 bits per heavy atom. The minimum Gasteiger partial charge on any atom is -0.345 e. The van der Waals surface area contributed by atoms with Crippen molar-refractivity contribution in [2.45, 2.75) is 39.0 Å². The van der Waals surface area contributed by atoms with Crippen molar-refractivity contribution in [3.63, 3.8) is 0 Å². The highest BCUT2D eigenvalue weighted by molar-refractivity contribution is 7.22. The van der Waals surface area contributed by atoms with Gasteiger partial charge in [0.1, 0.15) is 0 Å². The van der Waals surface area contributed by atoms with Crippen LogP contribution in [0.25, 0.3) is 10.2 Å². The molecular formula is C18H27N3S. The Bertz CT molecular complexity index is 539. The topological polar surface area (TPSA) is 19.4 Å². The Balaban J connectivity index is 1.45. The van der Waals surface area contributed by atoms with Crippen LogP contribution in [0, 0.1) is 0 Å². The second kappa shape index (κ2) is 7.93. The molecule has 3 nitrogen and oxygen atoms in total. The molecule has 1 aromatic heterocycles. The standard InChI is InChI=1S/C18H27N3S/c1-2-3-4-5-8-11-20-12-14-21(15-13-20)18-19-16-9-6-7-10-17(16)22-18/h6-7,9-10H,2-5,8,11-15H2,1H3. The van der Waals surface area contributed by atoms with Gasteiger partial charge in [0.25, 0.3) is 0 Å². The number of benzene rings is 1. The molecule has 0 bridgehead atoms. The Kier molecular flexibility index (Phi) is 5.68. The first-order valence-corrected chi connectivity index (χ1v) is 9.51. The van der Waals surface area contributed by atoms with Gasteiger partial charge in [0, 0.05) is 26.2 Å². The molecule has 2 aromatic rings. The minimum atomic E-state index is 1.12. The quantitative estimate of drug-likeness (QED) is 0.706. The number of hydrogen-bond acceptors (Lipinski definition) is 4. The molecule has 0 radical (unpaired) electrons. The highest BCUT2D eigenvalue weighted by Gasteiger charge is 2.19. The van der Waals surface area contributed by atoms with E-state index in [0.717, 1.165) is 18.6 Å². The second-order valence-electron chi connectivity index (χ2n) is 6.21. The van der Waals surface area contributed by atoms with Crippen molar-refractivity contribution in [1.82, 2.24) is 9.88 Å². The van der Waals surface area contributed by atoms with Gasteiger partial charge in [0.2, 0.25) is 0 Å². The van der Waals surface area contributed by atoms with E-state index in [4.69, 9.17) is 4.98 Å². The van der Waals surface area contributed by atoms with Crippen molar-refractivity contribution in [2.24, 2.45) is 0 Å². The number of hydrogen-bond donors (Lipinski definition) is 0. The van der Waals surface area contributed by atoms with E-state index in [1.165, 1.54) is 61.6 Å². The number of anilines is 1. The van der Waals surface area contributed by atoms with E-state index in [1.54, 1.807) is 0 Å². The number of rotatable bonds is 7. The van der Waals surface area contributed by atoms with E-state index in [-0.39, 0.29) is 0 Å². The van der Waals surface area contributed by atoms with Gasteiger partial charge < -0.3 is 4.90 Å². The number of piperazine rings is 1. The number of fused-ring (bicyclic) bond motifs is 1. The van der Waals surface area contributed by atoms with Gasteiger partial charge in [-0.2, -0.15) is 0 Å². The summed E-state index contributed by atoms with van der Waals surface area (Å²) >= 11 is 1.83. The monoisotopic (exact) mass is 317 g/mol. The average molecular weight is 318 g/mol. The average Bonchev–Trinajstić information content (AvgIpc) is 2.99. The summed E-state index contributed by atoms with van der Waals surface area (Å²) in [4.78, 5) is 9.86. The molecule has 1 aromatic carbocycles. The molecule has 1 aliphatic heterocycles. The molecule has 0 atom stereocenters. The van der Waals surface area contributed by atoms with Crippen molar-refractivity contribution in [3.8, 4) is 0 Å². The molecule has 0 unspecified atom stereocenters. The van der Waals surface area contributed by atoms with Gasteiger partial charge in [-0.15, -0.1) is 0 Å². The van der Waals surface area contributed by atoms with Crippen molar-refractivity contribution in [2.75, 3.05) is 37.6 Å². The van der Waals surface area contributed by atoms with Gasteiger partial charge in [-0.1, -0.05) is 56.1 Å². The predicted octanol–water partition coefficient (Wildman–Crippen LogP) is 4.39. The van der Waals surface area contributed by atoms with Crippen LogP contribution in [0.1, 0.15) is 39.0 Å². The van der Waals surface area contributed by atoms with Crippen molar-refractivity contribution in [3.05, 3.63) is 24.3 Å². The van der Waals surface area contributed by atoms with Crippen LogP contribution in [0.3, 0.4) is 0 Å². The van der Waals surface area contributed by atoms with Crippen LogP contribution >= 0.6 is 11.3 Å². The Hall–Kier alpha value is -1.13. The molecule has 120 valence electrons. The van der Waals surface area contributed by atoms with Crippen LogP contribution in [0.4, 0.5) is 5.13 Å². The van der Waals surface area contributed by atoms with Crippen LogP contribution in [-0.4, -0.2) is 42.6 Å². The van der Waals surface area contributed by atoms with Crippen LogP contribution in [0.2, 0.25) is 0 Å². The minimum absolute atomic E-state index is 1.12. The fourth-order valence-corrected chi connectivity index (χ4v) is 4.11. The van der Waals surface area contributed by atoms with E-state index >= 15 is 0 Å². The zero-order valence-corrected chi connectivity index (χ0v) is 14.4. The molecule has 0 amide bonds. The summed E-state index contributed by atoms with van der Waals surface area (Å²) in [5, 5.41) is 1.20. The van der Waals surface area contributed by atoms with E-state index in [0.29, 0.717) is 0 Å². The lowest BCUT2D eigenvalue weighted by atomic mass is 10.1. The third-order valence-electron chi connectivity index (χ3n) is 4.50. The van der Waals surface area contributed by atoms with Crippen molar-refractivity contribution < 1.29 is 0 Å². The number of nitrogens with zero attached hydrogens (tertiary/aromatic N) is 3. The number of unbranched alkanes of at least 4 members (excludes halogenated alkanes) is 4. The zero-order valence-electron chi connectivity index (χ0n) is 13.6. The molecule has 22 heavy (non-hydrogen) atoms. The second-order valence-corrected chi connectivity index (χ2v) is 7.22. The summed E-state index contributed by atoms with van der Waals surface area (Å²) in [6.45, 7) is 8.16. The maximum Gasteiger partial charge on any atom is 0.186 e. The van der Waals surface area contributed by atoms with Gasteiger partial charge in [0.05, 0.1) is 10.2 Å². The summed E-state index contributed by atoms with van der Waals surface area (Å²) in [6.07, 6.45) is 6.89. The summed E-state index contributed by atoms with van der Waals surface area (Å²) < 4.78 is 1.30. The molecule has 0 spiro atoms. The predicted molar refractivity (Wildman–Crippen MR) is 97.0 cm³/mol. The highest BCUT2D eigenvalue weighted by atomic mass is 32.1. The summed E-state index contributed by atoms with van der Waals surface area (Å²) in [5.74, 6) is 0. The van der Waals surface area contributed by atoms with Gasteiger partial charge in [-0.05, 0) is 25.1 Å². The molecule has 2 heterocycles. The molecule has 0 saturated carbocycles. The van der Waals surface area contributed by atoms with Gasteiger partial charge in [-0.25, -0.2) is 4.98 Å². The Labute approximate surface area is 138 Å². The van der Waals surface area contributed by atoms with Crippen LogP contribution in [0.15, 0.2) is 24.3 Å². The first-order valence-electron chi connectivity index (χ1n) is 8.69. The molecule has 4 heteroatoms. The Morgan fingerprint density at radius 2 is 1.77 bits per heavy atom. The molecule has 1 saturated heterocycles. The largest absolute Gasteiger partial charge is 0.345 e. The lowest BCUT2D eigenvalue weighted by Gasteiger charge is -2.34. The normalized spacial score (nSPS) is 16.5. The molecular weight excluding hydrogens is 290 g/mol. The SMILES string of the molecule is CCCCCCCN1CCN(c2nc3ccccc3s2)CC1. The van der Waals surface area contributed by atoms with E-state index in [1.807, 2.05) is 11.3 Å². The zero-order chi connectivity index (χ0) is 15.2. The third-order valence-corrected chi connectivity index (χ3v) is 5.60. The van der Waals surface area contributed by atoms with E-state index in [9.17, 15) is 0 Å². The summed E-state index contributed by atoms with van der Waals surface area (Å²) in [7, 11) is 0. The maximum absolute atomic E-state index is 4.78. The Morgan fingerprint density at radius 3 is 2.55 bits per heavy atom. The first kappa shape index (κ1) is 15.8. The van der Waals surface area contributed by atoms with Gasteiger partial charge in [0.15, 0.2) is 5.13 Å². The lowest BCUT2D eigenvalue weighted by molar-refractivity contribution is 0.252. The first-order chi connectivity index (χ1) is 10.9. The molecule has 0 aliphatic carbocycles. The van der Waals surface area contributed by atoms with Gasteiger partial charge >= 0.3 is 0 Å². The van der Waals surface area contributed by atoms with Crippen LogP contribution in [-0.2, 0) is 0 Å². The molecule has 1 aliphatic rings. The van der Waals surface area contributed by atoms with Crippen molar-refractivity contribution in [1.29, 1.82) is 0 Å². The number of para-hydroxylation sites is 1. The fraction of sp³-hybridized carbons (Fsp3) is 0.611. The number of aromatic nitrogens is 1. The summed E-state index contributed by atoms with van der Waals surface area (Å²) in [5.41, 5.74) is 1.14. The third kappa shape index (κ3) is 3.99. The molecule has 3 rings (SSSR count). The van der Waals surface area contributed by atoms with Crippen LogP contribution in [0.5, 0.6) is 0 Å². The van der Waals surface area contributed by atoms with Gasteiger partial charge in [-0.3, -0.25) is 4.90 Å². The van der Waals surface area contributed by atoms with Crippen molar-refractivity contribution >= 4 is 26.7 Å². The lowest BCUT2D eigenvalue weighted by Crippen LogP contribution is -2.46. The van der Waals surface area contributed by atoms with E-state index in [2.05, 4.69) is 41.0 Å². The summed E-state index contributed by atoms with van der Waals surface area (Å²) in [6, 6.07) is 8.45.